The standard InChI is InChI=1S/C15H19FN2O2/c1-4-10(15(19)20-6-3)14-17-13-11(16)8-7-9-12(13)18(14)5-2/h7-10H,4-6H2,1-3H3. The van der Waals surface area contributed by atoms with E-state index >= 15 is 0 Å². The Morgan fingerprint density at radius 3 is 2.75 bits per heavy atom. The lowest BCUT2D eigenvalue weighted by Crippen LogP contribution is -2.19. The van der Waals surface area contributed by atoms with Crippen LogP contribution in [0.25, 0.3) is 11.0 Å². The molecule has 0 aliphatic carbocycles. The topological polar surface area (TPSA) is 44.1 Å². The van der Waals surface area contributed by atoms with Gasteiger partial charge in [0.1, 0.15) is 17.3 Å². The van der Waals surface area contributed by atoms with Gasteiger partial charge in [0.25, 0.3) is 0 Å². The smallest absolute Gasteiger partial charge is 0.316 e. The first-order chi connectivity index (χ1) is 9.63. The first kappa shape index (κ1) is 14.5. The largest absolute Gasteiger partial charge is 0.465 e. The third-order valence-electron chi connectivity index (χ3n) is 3.37. The second-order valence-corrected chi connectivity index (χ2v) is 4.53. The van der Waals surface area contributed by atoms with Crippen LogP contribution in [0.1, 0.15) is 38.9 Å². The minimum absolute atomic E-state index is 0.305. The molecule has 0 amide bonds. The second-order valence-electron chi connectivity index (χ2n) is 4.53. The molecule has 2 rings (SSSR count). The molecule has 1 aromatic carbocycles. The summed E-state index contributed by atoms with van der Waals surface area (Å²) in [5.74, 6) is -0.551. The molecule has 0 aliphatic rings. The van der Waals surface area contributed by atoms with Crippen molar-refractivity contribution in [1.29, 1.82) is 0 Å². The summed E-state index contributed by atoms with van der Waals surface area (Å²) in [6, 6.07) is 4.85. The van der Waals surface area contributed by atoms with Crippen molar-refractivity contribution in [2.75, 3.05) is 6.61 Å². The molecule has 108 valence electrons. The van der Waals surface area contributed by atoms with Crippen LogP contribution >= 0.6 is 0 Å². The van der Waals surface area contributed by atoms with Gasteiger partial charge in [-0.2, -0.15) is 0 Å². The molecule has 0 radical (unpaired) electrons. The summed E-state index contributed by atoms with van der Waals surface area (Å²) in [4.78, 5) is 16.4. The van der Waals surface area contributed by atoms with E-state index in [1.165, 1.54) is 6.07 Å². The average Bonchev–Trinajstić information content (AvgIpc) is 2.80. The molecule has 1 atom stereocenters. The van der Waals surface area contributed by atoms with Gasteiger partial charge in [-0.3, -0.25) is 4.79 Å². The number of aryl methyl sites for hydroxylation is 1. The summed E-state index contributed by atoms with van der Waals surface area (Å²) in [5.41, 5.74) is 1.03. The van der Waals surface area contributed by atoms with E-state index in [0.717, 1.165) is 0 Å². The van der Waals surface area contributed by atoms with E-state index in [0.29, 0.717) is 36.4 Å². The van der Waals surface area contributed by atoms with Gasteiger partial charge < -0.3 is 9.30 Å². The van der Waals surface area contributed by atoms with Gasteiger partial charge in [-0.15, -0.1) is 0 Å². The number of benzene rings is 1. The van der Waals surface area contributed by atoms with Gasteiger partial charge in [0, 0.05) is 6.54 Å². The molecular formula is C15H19FN2O2. The third-order valence-corrected chi connectivity index (χ3v) is 3.37. The number of halogens is 1. The van der Waals surface area contributed by atoms with Crippen molar-refractivity contribution in [3.63, 3.8) is 0 Å². The number of rotatable bonds is 5. The highest BCUT2D eigenvalue weighted by atomic mass is 19.1. The molecular weight excluding hydrogens is 259 g/mol. The van der Waals surface area contributed by atoms with E-state index in [2.05, 4.69) is 4.98 Å². The molecule has 0 aliphatic heterocycles. The van der Waals surface area contributed by atoms with E-state index in [1.807, 2.05) is 24.5 Å². The monoisotopic (exact) mass is 278 g/mol. The lowest BCUT2D eigenvalue weighted by Gasteiger charge is -2.14. The van der Waals surface area contributed by atoms with Gasteiger partial charge in [0.05, 0.1) is 12.1 Å². The van der Waals surface area contributed by atoms with E-state index < -0.39 is 5.92 Å². The third kappa shape index (κ3) is 2.40. The molecule has 0 bridgehead atoms. The van der Waals surface area contributed by atoms with E-state index in [9.17, 15) is 9.18 Å². The Hall–Kier alpha value is -1.91. The molecule has 20 heavy (non-hydrogen) atoms. The summed E-state index contributed by atoms with van der Waals surface area (Å²) in [6.45, 7) is 6.58. The van der Waals surface area contributed by atoms with Crippen molar-refractivity contribution in [3.8, 4) is 0 Å². The lowest BCUT2D eigenvalue weighted by molar-refractivity contribution is -0.145. The predicted molar refractivity (Wildman–Crippen MR) is 75.0 cm³/mol. The number of para-hydroxylation sites is 1. The zero-order valence-corrected chi connectivity index (χ0v) is 12.0. The van der Waals surface area contributed by atoms with Crippen LogP contribution in [0.5, 0.6) is 0 Å². The molecule has 0 spiro atoms. The van der Waals surface area contributed by atoms with Crippen LogP contribution in [-0.2, 0) is 16.1 Å². The Bertz CT molecular complexity index is 622. The van der Waals surface area contributed by atoms with Crippen molar-refractivity contribution >= 4 is 17.0 Å². The van der Waals surface area contributed by atoms with Crippen molar-refractivity contribution in [2.24, 2.45) is 0 Å². The van der Waals surface area contributed by atoms with Crippen molar-refractivity contribution in [2.45, 2.75) is 39.7 Å². The summed E-state index contributed by atoms with van der Waals surface area (Å²) in [7, 11) is 0. The predicted octanol–water partition coefficient (Wildman–Crippen LogP) is 3.25. The molecule has 0 saturated carbocycles. The number of hydrogen-bond acceptors (Lipinski definition) is 3. The Labute approximate surface area is 117 Å². The Morgan fingerprint density at radius 2 is 2.15 bits per heavy atom. The second kappa shape index (κ2) is 6.03. The van der Waals surface area contributed by atoms with Crippen LogP contribution in [0.15, 0.2) is 18.2 Å². The van der Waals surface area contributed by atoms with Crippen molar-refractivity contribution < 1.29 is 13.9 Å². The lowest BCUT2D eigenvalue weighted by atomic mass is 10.1. The van der Waals surface area contributed by atoms with Crippen LogP contribution in [0.2, 0.25) is 0 Å². The van der Waals surface area contributed by atoms with Gasteiger partial charge in [-0.25, -0.2) is 9.37 Å². The van der Waals surface area contributed by atoms with E-state index in [4.69, 9.17) is 4.74 Å². The van der Waals surface area contributed by atoms with E-state index in [-0.39, 0.29) is 11.8 Å². The van der Waals surface area contributed by atoms with Crippen LogP contribution < -0.4 is 0 Å². The molecule has 4 nitrogen and oxygen atoms in total. The highest BCUT2D eigenvalue weighted by molar-refractivity contribution is 5.81. The molecule has 0 saturated heterocycles. The molecule has 0 fully saturated rings. The van der Waals surface area contributed by atoms with Gasteiger partial charge in [0.15, 0.2) is 5.82 Å². The van der Waals surface area contributed by atoms with Crippen LogP contribution in [-0.4, -0.2) is 22.1 Å². The SMILES string of the molecule is CCOC(=O)C(CC)c1nc2c(F)cccc2n1CC. The zero-order chi connectivity index (χ0) is 14.7. The molecule has 2 aromatic rings. The number of fused-ring (bicyclic) bond motifs is 1. The maximum atomic E-state index is 13.8. The van der Waals surface area contributed by atoms with E-state index in [1.54, 1.807) is 13.0 Å². The normalized spacial score (nSPS) is 12.6. The highest BCUT2D eigenvalue weighted by Crippen LogP contribution is 2.26. The summed E-state index contributed by atoms with van der Waals surface area (Å²) < 4.78 is 20.8. The fourth-order valence-corrected chi connectivity index (χ4v) is 2.43. The Balaban J connectivity index is 2.57. The quantitative estimate of drug-likeness (QED) is 0.789. The van der Waals surface area contributed by atoms with Crippen LogP contribution in [0.3, 0.4) is 0 Å². The van der Waals surface area contributed by atoms with Gasteiger partial charge in [0.2, 0.25) is 0 Å². The van der Waals surface area contributed by atoms with Crippen LogP contribution in [0, 0.1) is 5.82 Å². The Kier molecular flexibility index (Phi) is 4.37. The maximum Gasteiger partial charge on any atom is 0.316 e. The molecule has 1 unspecified atom stereocenters. The summed E-state index contributed by atoms with van der Waals surface area (Å²) in [6.07, 6.45) is 0.573. The summed E-state index contributed by atoms with van der Waals surface area (Å²) >= 11 is 0. The Morgan fingerprint density at radius 1 is 1.40 bits per heavy atom. The molecule has 1 aromatic heterocycles. The molecule has 0 N–H and O–H groups in total. The fraction of sp³-hybridized carbons (Fsp3) is 0.467. The van der Waals surface area contributed by atoms with Crippen molar-refractivity contribution in [1.82, 2.24) is 9.55 Å². The fourth-order valence-electron chi connectivity index (χ4n) is 2.43. The number of aromatic nitrogens is 2. The van der Waals surface area contributed by atoms with Gasteiger partial charge in [-0.05, 0) is 32.4 Å². The van der Waals surface area contributed by atoms with Crippen molar-refractivity contribution in [3.05, 3.63) is 29.8 Å². The molecule has 5 heteroatoms. The number of carbonyl (C=O) groups excluding carboxylic acids is 1. The first-order valence-corrected chi connectivity index (χ1v) is 6.95. The number of nitrogens with zero attached hydrogens (tertiary/aromatic N) is 2. The average molecular weight is 278 g/mol. The minimum atomic E-state index is -0.457. The number of hydrogen-bond donors (Lipinski definition) is 0. The minimum Gasteiger partial charge on any atom is -0.465 e. The van der Waals surface area contributed by atoms with Crippen LogP contribution in [0.4, 0.5) is 4.39 Å². The summed E-state index contributed by atoms with van der Waals surface area (Å²) in [5, 5.41) is 0. The number of esters is 1. The number of imidazole rings is 1. The van der Waals surface area contributed by atoms with Gasteiger partial charge >= 0.3 is 5.97 Å². The first-order valence-electron chi connectivity index (χ1n) is 6.95. The highest BCUT2D eigenvalue weighted by Gasteiger charge is 2.26. The van der Waals surface area contributed by atoms with Gasteiger partial charge in [-0.1, -0.05) is 13.0 Å². The zero-order valence-electron chi connectivity index (χ0n) is 12.0. The maximum absolute atomic E-state index is 13.8. The number of carbonyl (C=O) groups is 1. The number of ether oxygens (including phenoxy) is 1. The molecule has 1 heterocycles.